The first-order valence-electron chi connectivity index (χ1n) is 7.84. The maximum atomic E-state index is 13.2. The lowest BCUT2D eigenvalue weighted by Gasteiger charge is -2.35. The van der Waals surface area contributed by atoms with Gasteiger partial charge in [0.05, 0.1) is 5.92 Å². The van der Waals surface area contributed by atoms with E-state index in [-0.39, 0.29) is 18.0 Å². The highest BCUT2D eigenvalue weighted by molar-refractivity contribution is 5.93. The molecular formula is C16H23FN4O2. The molecule has 7 heteroatoms. The van der Waals surface area contributed by atoms with Gasteiger partial charge in [0.15, 0.2) is 0 Å². The van der Waals surface area contributed by atoms with Gasteiger partial charge in [-0.15, -0.1) is 0 Å². The number of amides is 3. The molecule has 23 heavy (non-hydrogen) atoms. The smallest absolute Gasteiger partial charge is 0.317 e. The van der Waals surface area contributed by atoms with Gasteiger partial charge in [-0.05, 0) is 31.0 Å². The molecule has 1 aromatic rings. The highest BCUT2D eigenvalue weighted by Crippen LogP contribution is 2.19. The summed E-state index contributed by atoms with van der Waals surface area (Å²) in [5.74, 6) is -1.07. The summed E-state index contributed by atoms with van der Waals surface area (Å²) >= 11 is 0. The topological polar surface area (TPSA) is 87.5 Å². The van der Waals surface area contributed by atoms with Crippen molar-refractivity contribution >= 4 is 17.6 Å². The fourth-order valence-electron chi connectivity index (χ4n) is 2.65. The first-order valence-corrected chi connectivity index (χ1v) is 7.84. The summed E-state index contributed by atoms with van der Waals surface area (Å²) in [4.78, 5) is 26.0. The van der Waals surface area contributed by atoms with Crippen molar-refractivity contribution in [2.24, 2.45) is 11.7 Å². The van der Waals surface area contributed by atoms with Crippen LogP contribution in [0.25, 0.3) is 0 Å². The zero-order chi connectivity index (χ0) is 16.8. The second kappa shape index (κ2) is 7.92. The van der Waals surface area contributed by atoms with Crippen LogP contribution in [0.15, 0.2) is 24.3 Å². The number of piperidine rings is 1. The SMILES string of the molecule is CCCNC(=O)N1C[C@H](N)C[C@H](C(=O)Nc2cccc(F)c2)C1. The van der Waals surface area contributed by atoms with Gasteiger partial charge in [-0.1, -0.05) is 13.0 Å². The van der Waals surface area contributed by atoms with E-state index in [9.17, 15) is 14.0 Å². The number of carbonyl (C=O) groups excluding carboxylic acids is 2. The van der Waals surface area contributed by atoms with Gasteiger partial charge in [-0.2, -0.15) is 0 Å². The Morgan fingerprint density at radius 1 is 1.39 bits per heavy atom. The number of halogens is 1. The van der Waals surface area contributed by atoms with E-state index in [0.717, 1.165) is 6.42 Å². The lowest BCUT2D eigenvalue weighted by molar-refractivity contribution is -0.121. The summed E-state index contributed by atoms with van der Waals surface area (Å²) < 4.78 is 13.2. The van der Waals surface area contributed by atoms with Gasteiger partial charge < -0.3 is 21.3 Å². The maximum Gasteiger partial charge on any atom is 0.317 e. The van der Waals surface area contributed by atoms with Crippen LogP contribution in [0, 0.1) is 11.7 Å². The van der Waals surface area contributed by atoms with Crippen LogP contribution in [0.1, 0.15) is 19.8 Å². The third-order valence-corrected chi connectivity index (χ3v) is 3.76. The summed E-state index contributed by atoms with van der Waals surface area (Å²) in [5, 5.41) is 5.47. The fourth-order valence-corrected chi connectivity index (χ4v) is 2.65. The van der Waals surface area contributed by atoms with Crippen molar-refractivity contribution in [3.63, 3.8) is 0 Å². The van der Waals surface area contributed by atoms with Crippen molar-refractivity contribution in [1.82, 2.24) is 10.2 Å². The van der Waals surface area contributed by atoms with Crippen LogP contribution in [-0.2, 0) is 4.79 Å². The normalized spacial score (nSPS) is 20.9. The molecule has 0 aromatic heterocycles. The molecule has 2 atom stereocenters. The monoisotopic (exact) mass is 322 g/mol. The van der Waals surface area contributed by atoms with E-state index >= 15 is 0 Å². The number of hydrogen-bond donors (Lipinski definition) is 3. The van der Waals surface area contributed by atoms with E-state index in [4.69, 9.17) is 5.73 Å². The molecule has 1 aliphatic heterocycles. The van der Waals surface area contributed by atoms with Gasteiger partial charge in [-0.25, -0.2) is 9.18 Å². The largest absolute Gasteiger partial charge is 0.338 e. The molecule has 0 bridgehead atoms. The highest BCUT2D eigenvalue weighted by Gasteiger charge is 2.32. The van der Waals surface area contributed by atoms with E-state index in [2.05, 4.69) is 10.6 Å². The number of nitrogens with zero attached hydrogens (tertiary/aromatic N) is 1. The Balaban J connectivity index is 1.97. The predicted molar refractivity (Wildman–Crippen MR) is 86.4 cm³/mol. The number of rotatable bonds is 4. The molecule has 0 spiro atoms. The van der Waals surface area contributed by atoms with Crippen molar-refractivity contribution in [3.8, 4) is 0 Å². The molecule has 6 nitrogen and oxygen atoms in total. The lowest BCUT2D eigenvalue weighted by atomic mass is 9.94. The summed E-state index contributed by atoms with van der Waals surface area (Å²) in [5.41, 5.74) is 6.37. The fraction of sp³-hybridized carbons (Fsp3) is 0.500. The van der Waals surface area contributed by atoms with E-state index in [1.165, 1.54) is 18.2 Å². The van der Waals surface area contributed by atoms with E-state index < -0.39 is 11.7 Å². The second-order valence-electron chi connectivity index (χ2n) is 5.83. The van der Waals surface area contributed by atoms with E-state index in [1.807, 2.05) is 6.92 Å². The van der Waals surface area contributed by atoms with Gasteiger partial charge >= 0.3 is 6.03 Å². The van der Waals surface area contributed by atoms with Crippen molar-refractivity contribution in [2.45, 2.75) is 25.8 Å². The molecule has 0 radical (unpaired) electrons. The molecule has 3 amide bonds. The third-order valence-electron chi connectivity index (χ3n) is 3.76. The van der Waals surface area contributed by atoms with Crippen molar-refractivity contribution in [3.05, 3.63) is 30.1 Å². The average molecular weight is 322 g/mol. The Morgan fingerprint density at radius 3 is 2.87 bits per heavy atom. The Hall–Kier alpha value is -2.15. The Bertz CT molecular complexity index is 567. The summed E-state index contributed by atoms with van der Waals surface area (Å²) in [6.07, 6.45) is 1.34. The molecular weight excluding hydrogens is 299 g/mol. The number of urea groups is 1. The highest BCUT2D eigenvalue weighted by atomic mass is 19.1. The molecule has 1 heterocycles. The zero-order valence-electron chi connectivity index (χ0n) is 13.2. The standard InChI is InChI=1S/C16H23FN4O2/c1-2-6-19-16(23)21-9-11(7-13(18)10-21)15(22)20-14-5-3-4-12(17)8-14/h3-5,8,11,13H,2,6-7,9-10,18H2,1H3,(H,19,23)(H,20,22)/t11-,13+/m0/s1. The molecule has 1 saturated heterocycles. The van der Waals surface area contributed by atoms with Gasteiger partial charge in [0.1, 0.15) is 5.82 Å². The van der Waals surface area contributed by atoms with Gasteiger partial charge in [0, 0.05) is 31.4 Å². The molecule has 1 aromatic carbocycles. The number of hydrogen-bond acceptors (Lipinski definition) is 3. The number of likely N-dealkylation sites (tertiary alicyclic amines) is 1. The number of benzene rings is 1. The van der Waals surface area contributed by atoms with Crippen LogP contribution >= 0.6 is 0 Å². The summed E-state index contributed by atoms with van der Waals surface area (Å²) in [6, 6.07) is 5.26. The van der Waals surface area contributed by atoms with E-state index in [1.54, 1.807) is 11.0 Å². The Morgan fingerprint density at radius 2 is 2.17 bits per heavy atom. The molecule has 1 aliphatic rings. The van der Waals surface area contributed by atoms with Crippen LogP contribution < -0.4 is 16.4 Å². The minimum atomic E-state index is -0.413. The maximum absolute atomic E-state index is 13.2. The van der Waals surface area contributed by atoms with Crippen LogP contribution in [0.5, 0.6) is 0 Å². The molecule has 0 aliphatic carbocycles. The molecule has 126 valence electrons. The van der Waals surface area contributed by atoms with Crippen molar-refractivity contribution in [2.75, 3.05) is 25.0 Å². The molecule has 4 N–H and O–H groups in total. The predicted octanol–water partition coefficient (Wildman–Crippen LogP) is 1.53. The Kier molecular flexibility index (Phi) is 5.92. The average Bonchev–Trinajstić information content (AvgIpc) is 2.52. The van der Waals surface area contributed by atoms with Crippen LogP contribution in [0.4, 0.5) is 14.9 Å². The van der Waals surface area contributed by atoms with Gasteiger partial charge in [0.2, 0.25) is 5.91 Å². The van der Waals surface area contributed by atoms with Crippen LogP contribution in [0.3, 0.4) is 0 Å². The number of nitrogens with one attached hydrogen (secondary N) is 2. The first-order chi connectivity index (χ1) is 11.0. The van der Waals surface area contributed by atoms with E-state index in [0.29, 0.717) is 31.7 Å². The summed E-state index contributed by atoms with van der Waals surface area (Å²) in [6.45, 7) is 3.30. The molecule has 1 fully saturated rings. The summed E-state index contributed by atoms with van der Waals surface area (Å²) in [7, 11) is 0. The number of nitrogens with two attached hydrogens (primary N) is 1. The lowest BCUT2D eigenvalue weighted by Crippen LogP contribution is -2.54. The second-order valence-corrected chi connectivity index (χ2v) is 5.83. The van der Waals surface area contributed by atoms with Crippen molar-refractivity contribution < 1.29 is 14.0 Å². The zero-order valence-corrected chi connectivity index (χ0v) is 13.2. The third kappa shape index (κ3) is 4.92. The minimum absolute atomic E-state index is 0.203. The molecule has 2 rings (SSSR count). The molecule has 0 saturated carbocycles. The van der Waals surface area contributed by atoms with Crippen LogP contribution in [0.2, 0.25) is 0 Å². The van der Waals surface area contributed by atoms with Crippen molar-refractivity contribution in [1.29, 1.82) is 0 Å². The quantitative estimate of drug-likeness (QED) is 0.785. The Labute approximate surface area is 135 Å². The number of carbonyl (C=O) groups is 2. The molecule has 0 unspecified atom stereocenters. The van der Waals surface area contributed by atoms with Crippen LogP contribution in [-0.4, -0.2) is 42.5 Å². The van der Waals surface area contributed by atoms with Gasteiger partial charge in [-0.3, -0.25) is 4.79 Å². The van der Waals surface area contributed by atoms with Gasteiger partial charge in [0.25, 0.3) is 0 Å². The number of anilines is 1. The minimum Gasteiger partial charge on any atom is -0.338 e. The first kappa shape index (κ1) is 17.2.